The highest BCUT2D eigenvalue weighted by Crippen LogP contribution is 2.21. The summed E-state index contributed by atoms with van der Waals surface area (Å²) in [6.45, 7) is 7.91. The molecule has 18 heavy (non-hydrogen) atoms. The van der Waals surface area contributed by atoms with Crippen LogP contribution >= 0.6 is 0 Å². The van der Waals surface area contributed by atoms with Gasteiger partial charge in [-0.3, -0.25) is 0 Å². The first-order chi connectivity index (χ1) is 8.41. The topological polar surface area (TPSA) is 55.1 Å². The third kappa shape index (κ3) is 1.90. The van der Waals surface area contributed by atoms with Crippen LogP contribution in [0.3, 0.4) is 0 Å². The van der Waals surface area contributed by atoms with Crippen molar-refractivity contribution in [2.45, 2.75) is 27.7 Å². The van der Waals surface area contributed by atoms with Gasteiger partial charge in [-0.25, -0.2) is 9.48 Å². The maximum atomic E-state index is 11.0. The van der Waals surface area contributed by atoms with Crippen molar-refractivity contribution >= 4 is 5.97 Å². The molecule has 0 aliphatic heterocycles. The fraction of sp³-hybridized carbons (Fsp3) is 0.286. The zero-order valence-electron chi connectivity index (χ0n) is 11.0. The molecule has 1 N–H and O–H groups in total. The second-order valence-corrected chi connectivity index (χ2v) is 4.51. The molecule has 0 saturated heterocycles. The molecule has 94 valence electrons. The van der Waals surface area contributed by atoms with Gasteiger partial charge in [-0.05, 0) is 51.0 Å². The van der Waals surface area contributed by atoms with Gasteiger partial charge in [0, 0.05) is 5.69 Å². The minimum absolute atomic E-state index is 0.279. The van der Waals surface area contributed by atoms with E-state index in [1.807, 2.05) is 38.4 Å². The second kappa shape index (κ2) is 4.29. The zero-order chi connectivity index (χ0) is 13.4. The molecular formula is C14H16N2O2. The molecule has 1 aromatic heterocycles. The number of carboxylic acid groups (broad SMARTS) is 1. The fourth-order valence-corrected chi connectivity index (χ4v) is 1.93. The summed E-state index contributed by atoms with van der Waals surface area (Å²) in [7, 11) is 0. The van der Waals surface area contributed by atoms with Gasteiger partial charge in [0.25, 0.3) is 0 Å². The van der Waals surface area contributed by atoms with Crippen molar-refractivity contribution in [1.82, 2.24) is 9.78 Å². The molecule has 4 heteroatoms. The maximum absolute atomic E-state index is 11.0. The summed E-state index contributed by atoms with van der Waals surface area (Å²) in [6.07, 6.45) is 0. The van der Waals surface area contributed by atoms with E-state index in [0.29, 0.717) is 0 Å². The van der Waals surface area contributed by atoms with Gasteiger partial charge in [-0.2, -0.15) is 5.10 Å². The second-order valence-electron chi connectivity index (χ2n) is 4.51. The van der Waals surface area contributed by atoms with E-state index in [1.54, 1.807) is 12.1 Å². The van der Waals surface area contributed by atoms with Crippen LogP contribution < -0.4 is 0 Å². The Labute approximate surface area is 106 Å². The van der Waals surface area contributed by atoms with Crippen molar-refractivity contribution in [3.05, 3.63) is 46.3 Å². The van der Waals surface area contributed by atoms with E-state index >= 15 is 0 Å². The maximum Gasteiger partial charge on any atom is 0.335 e. The van der Waals surface area contributed by atoms with E-state index in [4.69, 9.17) is 5.11 Å². The molecule has 0 bridgehead atoms. The Morgan fingerprint density at radius 2 is 1.89 bits per heavy atom. The molecule has 0 aliphatic rings. The number of hydrogen-bond donors (Lipinski definition) is 1. The minimum atomic E-state index is -0.922. The normalized spacial score (nSPS) is 10.7. The summed E-state index contributed by atoms with van der Waals surface area (Å²) < 4.78 is 1.81. The van der Waals surface area contributed by atoms with Crippen LogP contribution in [0.1, 0.15) is 32.9 Å². The van der Waals surface area contributed by atoms with Crippen LogP contribution in [0.2, 0.25) is 0 Å². The summed E-state index contributed by atoms with van der Waals surface area (Å²) >= 11 is 0. The molecule has 0 saturated carbocycles. The van der Waals surface area contributed by atoms with Crippen molar-refractivity contribution in [2.24, 2.45) is 0 Å². The SMILES string of the molecule is Cc1ccc(C(=O)O)cc1-n1nc(C)c(C)c1C. The van der Waals surface area contributed by atoms with Crippen molar-refractivity contribution in [3.8, 4) is 5.69 Å². The Balaban J connectivity index is 2.66. The van der Waals surface area contributed by atoms with E-state index in [-0.39, 0.29) is 5.56 Å². The van der Waals surface area contributed by atoms with E-state index in [0.717, 1.165) is 28.2 Å². The van der Waals surface area contributed by atoms with E-state index < -0.39 is 5.97 Å². The zero-order valence-corrected chi connectivity index (χ0v) is 11.0. The number of hydrogen-bond acceptors (Lipinski definition) is 2. The van der Waals surface area contributed by atoms with Crippen LogP contribution in [-0.2, 0) is 0 Å². The number of aryl methyl sites for hydroxylation is 2. The molecule has 0 amide bonds. The highest BCUT2D eigenvalue weighted by Gasteiger charge is 2.13. The van der Waals surface area contributed by atoms with E-state index in [2.05, 4.69) is 5.10 Å². The van der Waals surface area contributed by atoms with Gasteiger partial charge in [-0.1, -0.05) is 6.07 Å². The molecule has 0 fully saturated rings. The first-order valence-corrected chi connectivity index (χ1v) is 5.79. The lowest BCUT2D eigenvalue weighted by atomic mass is 10.1. The summed E-state index contributed by atoms with van der Waals surface area (Å²) in [4.78, 5) is 11.0. The average molecular weight is 244 g/mol. The lowest BCUT2D eigenvalue weighted by Crippen LogP contribution is -2.05. The predicted molar refractivity (Wildman–Crippen MR) is 69.5 cm³/mol. The lowest BCUT2D eigenvalue weighted by Gasteiger charge is -2.09. The van der Waals surface area contributed by atoms with Crippen LogP contribution in [0.15, 0.2) is 18.2 Å². The summed E-state index contributed by atoms with van der Waals surface area (Å²) in [6, 6.07) is 5.08. The van der Waals surface area contributed by atoms with Gasteiger partial charge in [0.1, 0.15) is 0 Å². The van der Waals surface area contributed by atoms with Crippen LogP contribution in [0.4, 0.5) is 0 Å². The van der Waals surface area contributed by atoms with Gasteiger partial charge in [0.2, 0.25) is 0 Å². The van der Waals surface area contributed by atoms with E-state index in [9.17, 15) is 4.79 Å². The lowest BCUT2D eigenvalue weighted by molar-refractivity contribution is 0.0697. The number of rotatable bonds is 2. The fourth-order valence-electron chi connectivity index (χ4n) is 1.93. The van der Waals surface area contributed by atoms with Crippen molar-refractivity contribution in [2.75, 3.05) is 0 Å². The smallest absolute Gasteiger partial charge is 0.335 e. The Hall–Kier alpha value is -2.10. The van der Waals surface area contributed by atoms with Crippen LogP contribution in [0.25, 0.3) is 5.69 Å². The predicted octanol–water partition coefficient (Wildman–Crippen LogP) is 2.80. The van der Waals surface area contributed by atoms with Crippen molar-refractivity contribution in [1.29, 1.82) is 0 Å². The molecule has 0 aliphatic carbocycles. The number of aromatic carboxylic acids is 1. The molecule has 1 aromatic carbocycles. The standard InChI is InChI=1S/C14H16N2O2/c1-8-5-6-12(14(17)18)7-13(8)16-11(4)9(2)10(3)15-16/h5-7H,1-4H3,(H,17,18). The third-order valence-electron chi connectivity index (χ3n) is 3.34. The first kappa shape index (κ1) is 12.4. The highest BCUT2D eigenvalue weighted by atomic mass is 16.4. The van der Waals surface area contributed by atoms with Gasteiger partial charge in [0.05, 0.1) is 16.9 Å². The molecule has 0 spiro atoms. The Morgan fingerprint density at radius 3 is 2.39 bits per heavy atom. The van der Waals surface area contributed by atoms with Gasteiger partial charge < -0.3 is 5.11 Å². The Bertz CT molecular complexity index is 627. The molecule has 2 aromatic rings. The molecular weight excluding hydrogens is 228 g/mol. The van der Waals surface area contributed by atoms with Gasteiger partial charge in [0.15, 0.2) is 0 Å². The number of carboxylic acids is 1. The molecule has 0 radical (unpaired) electrons. The number of nitrogens with zero attached hydrogens (tertiary/aromatic N) is 2. The monoisotopic (exact) mass is 244 g/mol. The van der Waals surface area contributed by atoms with Crippen LogP contribution in [-0.4, -0.2) is 20.9 Å². The molecule has 0 atom stereocenters. The van der Waals surface area contributed by atoms with Crippen LogP contribution in [0, 0.1) is 27.7 Å². The molecule has 2 rings (SSSR count). The summed E-state index contributed by atoms with van der Waals surface area (Å²) in [5.41, 5.74) is 5.25. The number of carbonyl (C=O) groups is 1. The van der Waals surface area contributed by atoms with Gasteiger partial charge in [-0.15, -0.1) is 0 Å². The molecule has 0 unspecified atom stereocenters. The largest absolute Gasteiger partial charge is 0.478 e. The minimum Gasteiger partial charge on any atom is -0.478 e. The van der Waals surface area contributed by atoms with E-state index in [1.165, 1.54) is 0 Å². The quantitative estimate of drug-likeness (QED) is 0.883. The molecule has 4 nitrogen and oxygen atoms in total. The summed E-state index contributed by atoms with van der Waals surface area (Å²) in [5, 5.41) is 13.5. The summed E-state index contributed by atoms with van der Waals surface area (Å²) in [5.74, 6) is -0.922. The van der Waals surface area contributed by atoms with Crippen molar-refractivity contribution in [3.63, 3.8) is 0 Å². The molecule has 1 heterocycles. The highest BCUT2D eigenvalue weighted by molar-refractivity contribution is 5.88. The first-order valence-electron chi connectivity index (χ1n) is 5.79. The van der Waals surface area contributed by atoms with Crippen LogP contribution in [0.5, 0.6) is 0 Å². The Morgan fingerprint density at radius 1 is 1.22 bits per heavy atom. The average Bonchev–Trinajstić information content (AvgIpc) is 2.57. The third-order valence-corrected chi connectivity index (χ3v) is 3.34. The Kier molecular flexibility index (Phi) is 2.95. The number of benzene rings is 1. The van der Waals surface area contributed by atoms with Crippen molar-refractivity contribution < 1.29 is 9.90 Å². The number of aromatic nitrogens is 2. The van der Waals surface area contributed by atoms with Gasteiger partial charge >= 0.3 is 5.97 Å².